The molecule has 0 amide bonds. The summed E-state index contributed by atoms with van der Waals surface area (Å²) in [4.78, 5) is 11.4. The Kier molecular flexibility index (Phi) is 4.18. The quantitative estimate of drug-likeness (QED) is 0.600. The second kappa shape index (κ2) is 5.19. The third kappa shape index (κ3) is 3.32. The van der Waals surface area contributed by atoms with Crippen LogP contribution in [0.5, 0.6) is 0 Å². The molecule has 13 heavy (non-hydrogen) atoms. The third-order valence-corrected chi connectivity index (χ3v) is 2.17. The maximum atomic E-state index is 11.4. The molecule has 0 aromatic heterocycles. The highest BCUT2D eigenvalue weighted by atomic mass is 16.5. The molecule has 4 heteroatoms. The SMILES string of the molecule is CN[C@H]1CCOCCC(C)OC1=O. The molecule has 1 saturated heterocycles. The summed E-state index contributed by atoms with van der Waals surface area (Å²) in [5.41, 5.74) is 0. The van der Waals surface area contributed by atoms with E-state index in [1.165, 1.54) is 0 Å². The Morgan fingerprint density at radius 3 is 2.77 bits per heavy atom. The Morgan fingerprint density at radius 1 is 1.38 bits per heavy atom. The van der Waals surface area contributed by atoms with E-state index in [-0.39, 0.29) is 18.1 Å². The van der Waals surface area contributed by atoms with E-state index in [0.717, 1.165) is 6.42 Å². The highest BCUT2D eigenvalue weighted by molar-refractivity contribution is 5.75. The first-order valence-corrected chi connectivity index (χ1v) is 4.69. The zero-order valence-electron chi connectivity index (χ0n) is 8.21. The van der Waals surface area contributed by atoms with Gasteiger partial charge in [-0.15, -0.1) is 0 Å². The number of hydrogen-bond acceptors (Lipinski definition) is 4. The highest BCUT2D eigenvalue weighted by Gasteiger charge is 2.21. The Morgan fingerprint density at radius 2 is 2.08 bits per heavy atom. The van der Waals surface area contributed by atoms with Gasteiger partial charge in [0.1, 0.15) is 12.1 Å². The van der Waals surface area contributed by atoms with Crippen LogP contribution in [0.4, 0.5) is 0 Å². The number of carbonyl (C=O) groups excluding carboxylic acids is 1. The zero-order valence-corrected chi connectivity index (χ0v) is 8.21. The largest absolute Gasteiger partial charge is 0.461 e. The van der Waals surface area contributed by atoms with Crippen LogP contribution in [0.1, 0.15) is 19.8 Å². The van der Waals surface area contributed by atoms with Crippen LogP contribution in [0.3, 0.4) is 0 Å². The van der Waals surface area contributed by atoms with Crippen LogP contribution in [-0.2, 0) is 14.3 Å². The standard InChI is InChI=1S/C9H17NO3/c1-7-3-5-12-6-4-8(10-2)9(11)13-7/h7-8,10H,3-6H2,1-2H3/t7?,8-/m0/s1. The van der Waals surface area contributed by atoms with Gasteiger partial charge in [0.15, 0.2) is 0 Å². The molecule has 4 nitrogen and oxygen atoms in total. The molecule has 0 spiro atoms. The summed E-state index contributed by atoms with van der Waals surface area (Å²) in [5, 5.41) is 2.92. The van der Waals surface area contributed by atoms with E-state index in [1.807, 2.05) is 6.92 Å². The van der Waals surface area contributed by atoms with Crippen LogP contribution < -0.4 is 5.32 Å². The molecular weight excluding hydrogens is 170 g/mol. The van der Waals surface area contributed by atoms with Crippen LogP contribution in [0, 0.1) is 0 Å². The van der Waals surface area contributed by atoms with Gasteiger partial charge in [0.2, 0.25) is 0 Å². The first-order valence-electron chi connectivity index (χ1n) is 4.69. The van der Waals surface area contributed by atoms with E-state index in [2.05, 4.69) is 5.32 Å². The number of likely N-dealkylation sites (N-methyl/N-ethyl adjacent to an activating group) is 1. The molecule has 0 aromatic rings. The van der Waals surface area contributed by atoms with Crippen molar-refractivity contribution in [2.24, 2.45) is 0 Å². The first-order chi connectivity index (χ1) is 6.24. The third-order valence-electron chi connectivity index (χ3n) is 2.17. The van der Waals surface area contributed by atoms with Crippen molar-refractivity contribution >= 4 is 5.97 Å². The van der Waals surface area contributed by atoms with E-state index in [4.69, 9.17) is 9.47 Å². The molecule has 1 N–H and O–H groups in total. The van der Waals surface area contributed by atoms with Crippen molar-refractivity contribution in [3.05, 3.63) is 0 Å². The molecule has 76 valence electrons. The lowest BCUT2D eigenvalue weighted by Crippen LogP contribution is -2.37. The van der Waals surface area contributed by atoms with Gasteiger partial charge >= 0.3 is 5.97 Å². The molecular formula is C9H17NO3. The molecule has 1 unspecified atom stereocenters. The van der Waals surface area contributed by atoms with Gasteiger partial charge in [-0.1, -0.05) is 0 Å². The lowest BCUT2D eigenvalue weighted by molar-refractivity contribution is -0.150. The molecule has 0 saturated carbocycles. The minimum atomic E-state index is -0.222. The lowest BCUT2D eigenvalue weighted by atomic mass is 10.2. The Balaban J connectivity index is 2.50. The van der Waals surface area contributed by atoms with Gasteiger partial charge in [-0.25, -0.2) is 0 Å². The van der Waals surface area contributed by atoms with E-state index in [1.54, 1.807) is 7.05 Å². The van der Waals surface area contributed by atoms with Crippen molar-refractivity contribution in [1.29, 1.82) is 0 Å². The smallest absolute Gasteiger partial charge is 0.323 e. The first kappa shape index (κ1) is 10.5. The number of cyclic esters (lactones) is 1. The van der Waals surface area contributed by atoms with Crippen molar-refractivity contribution in [1.82, 2.24) is 5.32 Å². The number of esters is 1. The number of nitrogens with one attached hydrogen (secondary N) is 1. The number of carbonyl (C=O) groups is 1. The second-order valence-electron chi connectivity index (χ2n) is 3.28. The molecule has 0 radical (unpaired) electrons. The summed E-state index contributed by atoms with van der Waals surface area (Å²) in [6.45, 7) is 3.18. The number of ether oxygens (including phenoxy) is 2. The molecule has 1 rings (SSSR count). The average molecular weight is 187 g/mol. The fourth-order valence-electron chi connectivity index (χ4n) is 1.27. The summed E-state index contributed by atoms with van der Waals surface area (Å²) in [5.74, 6) is -0.166. The predicted molar refractivity (Wildman–Crippen MR) is 48.5 cm³/mol. The van der Waals surface area contributed by atoms with Crippen molar-refractivity contribution in [3.8, 4) is 0 Å². The summed E-state index contributed by atoms with van der Waals surface area (Å²) in [6, 6.07) is -0.222. The van der Waals surface area contributed by atoms with Crippen LogP contribution in [0.15, 0.2) is 0 Å². The second-order valence-corrected chi connectivity index (χ2v) is 3.28. The van der Waals surface area contributed by atoms with E-state index < -0.39 is 0 Å². The Hall–Kier alpha value is -0.610. The lowest BCUT2D eigenvalue weighted by Gasteiger charge is -2.15. The molecule has 1 aliphatic rings. The van der Waals surface area contributed by atoms with E-state index in [9.17, 15) is 4.79 Å². The maximum absolute atomic E-state index is 11.4. The van der Waals surface area contributed by atoms with Crippen LogP contribution in [0.2, 0.25) is 0 Å². The van der Waals surface area contributed by atoms with Gasteiger partial charge in [-0.3, -0.25) is 4.79 Å². The molecule has 1 heterocycles. The van der Waals surface area contributed by atoms with Crippen molar-refractivity contribution in [3.63, 3.8) is 0 Å². The van der Waals surface area contributed by atoms with Gasteiger partial charge in [-0.05, 0) is 20.4 Å². The van der Waals surface area contributed by atoms with Gasteiger partial charge in [0.25, 0.3) is 0 Å². The van der Waals surface area contributed by atoms with E-state index >= 15 is 0 Å². The monoisotopic (exact) mass is 187 g/mol. The normalized spacial score (nSPS) is 31.4. The van der Waals surface area contributed by atoms with Crippen molar-refractivity contribution in [2.45, 2.75) is 31.9 Å². The van der Waals surface area contributed by atoms with Gasteiger partial charge in [0.05, 0.1) is 6.61 Å². The summed E-state index contributed by atoms with van der Waals surface area (Å²) in [6.07, 6.45) is 1.42. The Labute approximate surface area is 78.6 Å². The van der Waals surface area contributed by atoms with Gasteiger partial charge < -0.3 is 14.8 Å². The molecule has 0 aliphatic carbocycles. The van der Waals surface area contributed by atoms with Crippen LogP contribution in [-0.4, -0.2) is 38.4 Å². The fourth-order valence-corrected chi connectivity index (χ4v) is 1.27. The van der Waals surface area contributed by atoms with Crippen LogP contribution >= 0.6 is 0 Å². The minimum Gasteiger partial charge on any atom is -0.461 e. The van der Waals surface area contributed by atoms with Crippen LogP contribution in [0.25, 0.3) is 0 Å². The molecule has 2 atom stereocenters. The van der Waals surface area contributed by atoms with Crippen molar-refractivity contribution < 1.29 is 14.3 Å². The molecule has 1 aliphatic heterocycles. The van der Waals surface area contributed by atoms with Gasteiger partial charge in [0, 0.05) is 13.0 Å². The molecule has 1 fully saturated rings. The Bertz CT molecular complexity index is 172. The summed E-state index contributed by atoms with van der Waals surface area (Å²) < 4.78 is 10.5. The zero-order chi connectivity index (χ0) is 9.68. The van der Waals surface area contributed by atoms with Crippen molar-refractivity contribution in [2.75, 3.05) is 20.3 Å². The average Bonchev–Trinajstić information content (AvgIpc) is 2.16. The number of hydrogen-bond donors (Lipinski definition) is 1. The predicted octanol–water partition coefficient (Wildman–Crippen LogP) is 0.316. The number of rotatable bonds is 1. The maximum Gasteiger partial charge on any atom is 0.323 e. The van der Waals surface area contributed by atoms with E-state index in [0.29, 0.717) is 19.6 Å². The fraction of sp³-hybridized carbons (Fsp3) is 0.889. The summed E-state index contributed by atoms with van der Waals surface area (Å²) >= 11 is 0. The summed E-state index contributed by atoms with van der Waals surface area (Å²) in [7, 11) is 1.76. The minimum absolute atomic E-state index is 0.0403. The molecule has 0 aromatic carbocycles. The molecule has 0 bridgehead atoms. The topological polar surface area (TPSA) is 47.6 Å². The van der Waals surface area contributed by atoms with Gasteiger partial charge in [-0.2, -0.15) is 0 Å². The highest BCUT2D eigenvalue weighted by Crippen LogP contribution is 2.06.